The third kappa shape index (κ3) is 3.75. The molecular formula is C20H19Cl2N3O2S. The molecule has 1 fully saturated rings. The van der Waals surface area contributed by atoms with Crippen molar-refractivity contribution in [1.82, 2.24) is 14.2 Å². The number of rotatable bonds is 4. The van der Waals surface area contributed by atoms with Gasteiger partial charge in [-0.3, -0.25) is 9.88 Å². The molecule has 2 aromatic carbocycles. The number of piperazine rings is 1. The van der Waals surface area contributed by atoms with Crippen LogP contribution in [-0.2, 0) is 16.6 Å². The van der Waals surface area contributed by atoms with E-state index >= 15 is 0 Å². The van der Waals surface area contributed by atoms with E-state index in [0.717, 1.165) is 23.0 Å². The molecule has 0 unspecified atom stereocenters. The number of halogens is 2. The molecular weight excluding hydrogens is 417 g/mol. The average Bonchev–Trinajstić information content (AvgIpc) is 2.68. The van der Waals surface area contributed by atoms with Gasteiger partial charge in [0.05, 0.1) is 15.6 Å². The van der Waals surface area contributed by atoms with Gasteiger partial charge in [-0.05, 0) is 23.8 Å². The molecule has 1 aromatic heterocycles. The van der Waals surface area contributed by atoms with Crippen LogP contribution in [0.2, 0.25) is 10.0 Å². The lowest BCUT2D eigenvalue weighted by Crippen LogP contribution is -2.48. The van der Waals surface area contributed by atoms with E-state index in [9.17, 15) is 8.42 Å². The molecule has 2 heterocycles. The second-order valence-corrected chi connectivity index (χ2v) is 9.41. The molecule has 0 N–H and O–H groups in total. The topological polar surface area (TPSA) is 53.5 Å². The summed E-state index contributed by atoms with van der Waals surface area (Å²) < 4.78 is 27.5. The first-order chi connectivity index (χ1) is 13.5. The predicted molar refractivity (Wildman–Crippen MR) is 112 cm³/mol. The Morgan fingerprint density at radius 1 is 0.893 bits per heavy atom. The average molecular weight is 436 g/mol. The van der Waals surface area contributed by atoms with Gasteiger partial charge in [0.25, 0.3) is 0 Å². The number of hydrogen-bond donors (Lipinski definition) is 0. The fourth-order valence-corrected chi connectivity index (χ4v) is 6.04. The lowest BCUT2D eigenvalue weighted by Gasteiger charge is -2.34. The quantitative estimate of drug-likeness (QED) is 0.620. The molecule has 146 valence electrons. The number of para-hydroxylation sites is 1. The number of benzene rings is 2. The minimum absolute atomic E-state index is 0.00923. The maximum atomic E-state index is 13.0. The van der Waals surface area contributed by atoms with Crippen LogP contribution < -0.4 is 0 Å². The zero-order valence-electron chi connectivity index (χ0n) is 15.1. The van der Waals surface area contributed by atoms with Crippen LogP contribution in [0.3, 0.4) is 0 Å². The van der Waals surface area contributed by atoms with Crippen LogP contribution in [0, 0.1) is 0 Å². The van der Waals surface area contributed by atoms with Crippen molar-refractivity contribution in [3.63, 3.8) is 0 Å². The summed E-state index contributed by atoms with van der Waals surface area (Å²) in [6.07, 6.45) is 1.80. The number of pyridine rings is 1. The van der Waals surface area contributed by atoms with Gasteiger partial charge in [0.1, 0.15) is 4.90 Å². The third-order valence-electron chi connectivity index (χ3n) is 4.96. The van der Waals surface area contributed by atoms with E-state index in [1.807, 2.05) is 24.3 Å². The summed E-state index contributed by atoms with van der Waals surface area (Å²) in [6, 6.07) is 14.8. The van der Waals surface area contributed by atoms with Crippen molar-refractivity contribution in [2.24, 2.45) is 0 Å². The largest absolute Gasteiger partial charge is 0.296 e. The van der Waals surface area contributed by atoms with Gasteiger partial charge in [0.2, 0.25) is 10.0 Å². The Balaban J connectivity index is 1.49. The highest BCUT2D eigenvalue weighted by Crippen LogP contribution is 2.32. The normalized spacial score (nSPS) is 16.5. The molecule has 0 radical (unpaired) electrons. The van der Waals surface area contributed by atoms with E-state index < -0.39 is 10.0 Å². The summed E-state index contributed by atoms with van der Waals surface area (Å²) in [5.74, 6) is 0. The van der Waals surface area contributed by atoms with Crippen molar-refractivity contribution in [1.29, 1.82) is 0 Å². The summed E-state index contributed by atoms with van der Waals surface area (Å²) in [5.41, 5.74) is 2.13. The number of fused-ring (bicyclic) bond motifs is 1. The minimum atomic E-state index is -3.72. The molecule has 0 saturated carbocycles. The summed E-state index contributed by atoms with van der Waals surface area (Å²) in [5, 5.41) is 1.41. The van der Waals surface area contributed by atoms with E-state index in [4.69, 9.17) is 23.2 Å². The van der Waals surface area contributed by atoms with Crippen molar-refractivity contribution in [3.05, 3.63) is 70.3 Å². The van der Waals surface area contributed by atoms with Crippen LogP contribution in [0.1, 0.15) is 5.56 Å². The van der Waals surface area contributed by atoms with E-state index in [1.54, 1.807) is 24.4 Å². The molecule has 4 rings (SSSR count). The van der Waals surface area contributed by atoms with Gasteiger partial charge in [0, 0.05) is 44.3 Å². The Hall–Kier alpha value is -1.70. The van der Waals surface area contributed by atoms with E-state index in [-0.39, 0.29) is 14.9 Å². The first kappa shape index (κ1) is 19.6. The molecule has 1 aliphatic rings. The summed E-state index contributed by atoms with van der Waals surface area (Å²) in [6.45, 7) is 2.77. The maximum Gasteiger partial charge on any atom is 0.246 e. The first-order valence-corrected chi connectivity index (χ1v) is 11.2. The van der Waals surface area contributed by atoms with E-state index in [0.29, 0.717) is 26.2 Å². The summed E-state index contributed by atoms with van der Waals surface area (Å²) in [4.78, 5) is 6.73. The zero-order chi connectivity index (χ0) is 19.7. The molecule has 0 spiro atoms. The zero-order valence-corrected chi connectivity index (χ0v) is 17.4. The van der Waals surface area contributed by atoms with Gasteiger partial charge >= 0.3 is 0 Å². The van der Waals surface area contributed by atoms with Gasteiger partial charge in [-0.25, -0.2) is 8.42 Å². The second kappa shape index (κ2) is 7.97. The lowest BCUT2D eigenvalue weighted by atomic mass is 10.1. The number of nitrogens with zero attached hydrogens (tertiary/aromatic N) is 3. The molecule has 0 atom stereocenters. The minimum Gasteiger partial charge on any atom is -0.296 e. The van der Waals surface area contributed by atoms with Crippen LogP contribution in [0.15, 0.2) is 59.6 Å². The second-order valence-electron chi connectivity index (χ2n) is 6.72. The van der Waals surface area contributed by atoms with E-state index in [2.05, 4.69) is 16.0 Å². The van der Waals surface area contributed by atoms with Gasteiger partial charge < -0.3 is 0 Å². The Labute approximate surface area is 174 Å². The standard InChI is InChI=1S/C20H19Cl2N3O2S/c21-17-7-2-8-18(22)20(17)28(26,27)25-12-10-24(11-13-25)14-16-5-1-4-15-6-3-9-23-19(15)16/h1-9H,10-14H2. The Morgan fingerprint density at radius 3 is 2.25 bits per heavy atom. The smallest absolute Gasteiger partial charge is 0.246 e. The molecule has 1 aliphatic heterocycles. The lowest BCUT2D eigenvalue weighted by molar-refractivity contribution is 0.182. The van der Waals surface area contributed by atoms with Crippen molar-refractivity contribution >= 4 is 44.1 Å². The molecule has 0 bridgehead atoms. The van der Waals surface area contributed by atoms with Gasteiger partial charge in [0.15, 0.2) is 0 Å². The number of sulfonamides is 1. The van der Waals surface area contributed by atoms with Crippen molar-refractivity contribution < 1.29 is 8.42 Å². The van der Waals surface area contributed by atoms with Crippen molar-refractivity contribution in [3.8, 4) is 0 Å². The maximum absolute atomic E-state index is 13.0. The molecule has 3 aromatic rings. The monoisotopic (exact) mass is 435 g/mol. The molecule has 28 heavy (non-hydrogen) atoms. The Morgan fingerprint density at radius 2 is 1.54 bits per heavy atom. The fraction of sp³-hybridized carbons (Fsp3) is 0.250. The highest BCUT2D eigenvalue weighted by Gasteiger charge is 2.31. The number of aromatic nitrogens is 1. The van der Waals surface area contributed by atoms with Gasteiger partial charge in [-0.1, -0.05) is 53.5 Å². The van der Waals surface area contributed by atoms with Crippen LogP contribution >= 0.6 is 23.2 Å². The van der Waals surface area contributed by atoms with Crippen LogP contribution in [-0.4, -0.2) is 48.8 Å². The predicted octanol–water partition coefficient (Wildman–Crippen LogP) is 4.05. The molecule has 5 nitrogen and oxygen atoms in total. The first-order valence-electron chi connectivity index (χ1n) is 8.96. The third-order valence-corrected chi connectivity index (χ3v) is 7.81. The number of hydrogen-bond acceptors (Lipinski definition) is 4. The van der Waals surface area contributed by atoms with Crippen LogP contribution in [0.5, 0.6) is 0 Å². The summed E-state index contributed by atoms with van der Waals surface area (Å²) >= 11 is 12.2. The van der Waals surface area contributed by atoms with Gasteiger partial charge in [-0.15, -0.1) is 0 Å². The summed E-state index contributed by atoms with van der Waals surface area (Å²) in [7, 11) is -3.72. The van der Waals surface area contributed by atoms with Crippen molar-refractivity contribution in [2.45, 2.75) is 11.4 Å². The van der Waals surface area contributed by atoms with Crippen LogP contribution in [0.4, 0.5) is 0 Å². The molecule has 0 aliphatic carbocycles. The molecule has 1 saturated heterocycles. The molecule has 0 amide bonds. The Kier molecular flexibility index (Phi) is 5.58. The highest BCUT2D eigenvalue weighted by molar-refractivity contribution is 7.89. The van der Waals surface area contributed by atoms with Gasteiger partial charge in [-0.2, -0.15) is 4.31 Å². The Bertz CT molecular complexity index is 1090. The fourth-order valence-electron chi connectivity index (χ4n) is 3.52. The SMILES string of the molecule is O=S(=O)(c1c(Cl)cccc1Cl)N1CCN(Cc2cccc3cccnc23)CC1. The van der Waals surface area contributed by atoms with Crippen LogP contribution in [0.25, 0.3) is 10.9 Å². The molecule has 8 heteroatoms. The van der Waals surface area contributed by atoms with E-state index in [1.165, 1.54) is 4.31 Å². The highest BCUT2D eigenvalue weighted by atomic mass is 35.5. The van der Waals surface area contributed by atoms with Crippen molar-refractivity contribution in [2.75, 3.05) is 26.2 Å².